The number of carbonyl (C=O) groups is 1. The summed E-state index contributed by atoms with van der Waals surface area (Å²) in [5.41, 5.74) is 6.33. The standard InChI is InChI=1S/C26H28N4O/c1-17-10-14-22(15-11-17)30-25-24(20(4)29-30)23(16-19(3)27-25)26(31)28-18(2)12-13-21-8-6-5-7-9-21/h5-11,14-16,18H,12-13H2,1-4H3,(H,28,31)/t18-/m0/s1. The highest BCUT2D eigenvalue weighted by Crippen LogP contribution is 2.25. The van der Waals surface area contributed by atoms with Crippen molar-refractivity contribution in [1.82, 2.24) is 20.1 Å². The van der Waals surface area contributed by atoms with Crippen molar-refractivity contribution < 1.29 is 4.79 Å². The van der Waals surface area contributed by atoms with E-state index >= 15 is 0 Å². The van der Waals surface area contributed by atoms with Crippen LogP contribution in [-0.2, 0) is 6.42 Å². The van der Waals surface area contributed by atoms with Gasteiger partial charge in [0, 0.05) is 11.7 Å². The van der Waals surface area contributed by atoms with Crippen LogP contribution in [0, 0.1) is 20.8 Å². The Morgan fingerprint density at radius 2 is 1.74 bits per heavy atom. The molecule has 158 valence electrons. The average Bonchev–Trinajstić information content (AvgIpc) is 3.09. The van der Waals surface area contributed by atoms with Crippen LogP contribution >= 0.6 is 0 Å². The van der Waals surface area contributed by atoms with E-state index in [1.807, 2.05) is 54.9 Å². The van der Waals surface area contributed by atoms with Crippen LogP contribution in [0.1, 0.15) is 46.2 Å². The molecule has 0 radical (unpaired) electrons. The molecule has 2 aromatic carbocycles. The molecule has 2 aromatic heterocycles. The minimum atomic E-state index is -0.0809. The summed E-state index contributed by atoms with van der Waals surface area (Å²) in [7, 11) is 0. The minimum Gasteiger partial charge on any atom is -0.350 e. The average molecular weight is 413 g/mol. The first-order chi connectivity index (χ1) is 14.9. The number of aromatic nitrogens is 3. The molecule has 4 aromatic rings. The summed E-state index contributed by atoms with van der Waals surface area (Å²) in [5, 5.41) is 8.67. The third-order valence-electron chi connectivity index (χ3n) is 5.55. The van der Waals surface area contributed by atoms with Crippen LogP contribution in [0.2, 0.25) is 0 Å². The Hall–Kier alpha value is -3.47. The number of rotatable bonds is 6. The van der Waals surface area contributed by atoms with Gasteiger partial charge in [-0.05, 0) is 64.3 Å². The fraction of sp³-hybridized carbons (Fsp3) is 0.269. The van der Waals surface area contributed by atoms with E-state index in [2.05, 4.69) is 43.4 Å². The summed E-state index contributed by atoms with van der Waals surface area (Å²) in [6.45, 7) is 7.95. The van der Waals surface area contributed by atoms with Gasteiger partial charge in [0.15, 0.2) is 5.65 Å². The Labute approximate surface area is 183 Å². The van der Waals surface area contributed by atoms with Crippen LogP contribution in [-0.4, -0.2) is 26.7 Å². The lowest BCUT2D eigenvalue weighted by molar-refractivity contribution is 0.0940. The van der Waals surface area contributed by atoms with Gasteiger partial charge in [-0.15, -0.1) is 0 Å². The predicted molar refractivity (Wildman–Crippen MR) is 125 cm³/mol. The molecular formula is C26H28N4O. The van der Waals surface area contributed by atoms with E-state index in [4.69, 9.17) is 10.1 Å². The van der Waals surface area contributed by atoms with Gasteiger partial charge in [-0.25, -0.2) is 9.67 Å². The zero-order valence-corrected chi connectivity index (χ0v) is 18.5. The second-order valence-corrected chi connectivity index (χ2v) is 8.24. The Balaban J connectivity index is 1.61. The largest absolute Gasteiger partial charge is 0.350 e. The fourth-order valence-corrected chi connectivity index (χ4v) is 3.86. The lowest BCUT2D eigenvalue weighted by Gasteiger charge is -2.15. The number of nitrogens with zero attached hydrogens (tertiary/aromatic N) is 3. The number of hydrogen-bond donors (Lipinski definition) is 1. The highest BCUT2D eigenvalue weighted by atomic mass is 16.1. The Bertz CT molecular complexity index is 1210. The first-order valence-corrected chi connectivity index (χ1v) is 10.7. The summed E-state index contributed by atoms with van der Waals surface area (Å²) in [6, 6.07) is 20.4. The van der Waals surface area contributed by atoms with Gasteiger partial charge in [-0.3, -0.25) is 4.79 Å². The molecule has 0 aliphatic rings. The number of carbonyl (C=O) groups excluding carboxylic acids is 1. The van der Waals surface area contributed by atoms with Crippen LogP contribution < -0.4 is 5.32 Å². The number of aryl methyl sites for hydroxylation is 4. The highest BCUT2D eigenvalue weighted by Gasteiger charge is 2.20. The third kappa shape index (κ3) is 4.50. The molecule has 1 atom stereocenters. The maximum atomic E-state index is 13.2. The fourth-order valence-electron chi connectivity index (χ4n) is 3.86. The van der Waals surface area contributed by atoms with E-state index in [9.17, 15) is 4.79 Å². The zero-order chi connectivity index (χ0) is 22.0. The number of amides is 1. The Kier molecular flexibility index (Phi) is 5.85. The molecule has 0 aliphatic heterocycles. The van der Waals surface area contributed by atoms with Gasteiger partial charge in [-0.2, -0.15) is 5.10 Å². The third-order valence-corrected chi connectivity index (χ3v) is 5.55. The van der Waals surface area contributed by atoms with Crippen molar-refractivity contribution in [3.05, 3.63) is 88.7 Å². The van der Waals surface area contributed by atoms with E-state index in [1.165, 1.54) is 11.1 Å². The van der Waals surface area contributed by atoms with Crippen molar-refractivity contribution in [2.75, 3.05) is 0 Å². The quantitative estimate of drug-likeness (QED) is 0.479. The molecule has 0 bridgehead atoms. The van der Waals surface area contributed by atoms with Crippen molar-refractivity contribution in [3.63, 3.8) is 0 Å². The molecule has 0 unspecified atom stereocenters. The van der Waals surface area contributed by atoms with E-state index in [0.717, 1.165) is 35.3 Å². The van der Waals surface area contributed by atoms with Gasteiger partial charge < -0.3 is 5.32 Å². The van der Waals surface area contributed by atoms with Crippen molar-refractivity contribution in [1.29, 1.82) is 0 Å². The highest BCUT2D eigenvalue weighted by molar-refractivity contribution is 6.06. The van der Waals surface area contributed by atoms with Gasteiger partial charge in [0.25, 0.3) is 5.91 Å². The van der Waals surface area contributed by atoms with Gasteiger partial charge in [0.1, 0.15) is 0 Å². The van der Waals surface area contributed by atoms with E-state index in [1.54, 1.807) is 0 Å². The molecule has 5 nitrogen and oxygen atoms in total. The van der Waals surface area contributed by atoms with Crippen molar-refractivity contribution in [2.45, 2.75) is 46.6 Å². The molecule has 2 heterocycles. The van der Waals surface area contributed by atoms with Crippen LogP contribution in [0.4, 0.5) is 0 Å². The van der Waals surface area contributed by atoms with Crippen LogP contribution in [0.5, 0.6) is 0 Å². The van der Waals surface area contributed by atoms with Gasteiger partial charge in [-0.1, -0.05) is 48.0 Å². The van der Waals surface area contributed by atoms with Gasteiger partial charge >= 0.3 is 0 Å². The summed E-state index contributed by atoms with van der Waals surface area (Å²) >= 11 is 0. The van der Waals surface area contributed by atoms with E-state index < -0.39 is 0 Å². The maximum absolute atomic E-state index is 13.2. The first kappa shape index (κ1) is 20.8. The van der Waals surface area contributed by atoms with Crippen LogP contribution in [0.15, 0.2) is 60.7 Å². The lowest BCUT2D eigenvalue weighted by Crippen LogP contribution is -2.33. The molecule has 5 heteroatoms. The lowest BCUT2D eigenvalue weighted by atomic mass is 10.0. The zero-order valence-electron chi connectivity index (χ0n) is 18.5. The molecule has 0 saturated heterocycles. The Morgan fingerprint density at radius 3 is 2.45 bits per heavy atom. The molecule has 0 fully saturated rings. The maximum Gasteiger partial charge on any atom is 0.252 e. The second-order valence-electron chi connectivity index (χ2n) is 8.24. The molecule has 0 saturated carbocycles. The predicted octanol–water partition coefficient (Wildman–Crippen LogP) is 5.10. The van der Waals surface area contributed by atoms with Crippen molar-refractivity contribution in [3.8, 4) is 5.69 Å². The topological polar surface area (TPSA) is 59.8 Å². The number of nitrogens with one attached hydrogen (secondary N) is 1. The van der Waals surface area contributed by atoms with Gasteiger partial charge in [0.05, 0.1) is 22.3 Å². The number of benzene rings is 2. The van der Waals surface area contributed by atoms with Gasteiger partial charge in [0.2, 0.25) is 0 Å². The second kappa shape index (κ2) is 8.72. The summed E-state index contributed by atoms with van der Waals surface area (Å²) in [6.07, 6.45) is 1.81. The number of fused-ring (bicyclic) bond motifs is 1. The summed E-state index contributed by atoms with van der Waals surface area (Å²) < 4.78 is 1.83. The van der Waals surface area contributed by atoms with Crippen molar-refractivity contribution in [2.24, 2.45) is 0 Å². The molecule has 31 heavy (non-hydrogen) atoms. The molecular weight excluding hydrogens is 384 g/mol. The molecule has 1 N–H and O–H groups in total. The van der Waals surface area contributed by atoms with E-state index in [-0.39, 0.29) is 11.9 Å². The summed E-state index contributed by atoms with van der Waals surface area (Å²) in [5.74, 6) is -0.0809. The molecule has 0 spiro atoms. The van der Waals surface area contributed by atoms with E-state index in [0.29, 0.717) is 11.2 Å². The SMILES string of the molecule is Cc1ccc(-n2nc(C)c3c(C(=O)N[C@@H](C)CCc4ccccc4)cc(C)nc32)cc1. The monoisotopic (exact) mass is 412 g/mol. The first-order valence-electron chi connectivity index (χ1n) is 10.7. The molecule has 4 rings (SSSR count). The molecule has 1 amide bonds. The Morgan fingerprint density at radius 1 is 1.03 bits per heavy atom. The minimum absolute atomic E-state index is 0.0590. The molecule has 0 aliphatic carbocycles. The number of pyridine rings is 1. The number of hydrogen-bond acceptors (Lipinski definition) is 3. The van der Waals surface area contributed by atoms with Crippen LogP contribution in [0.25, 0.3) is 16.7 Å². The smallest absolute Gasteiger partial charge is 0.252 e. The van der Waals surface area contributed by atoms with Crippen LogP contribution in [0.3, 0.4) is 0 Å². The van der Waals surface area contributed by atoms with Crippen molar-refractivity contribution >= 4 is 16.9 Å². The summed E-state index contributed by atoms with van der Waals surface area (Å²) in [4.78, 5) is 17.9. The normalized spacial score (nSPS) is 12.1.